The quantitative estimate of drug-likeness (QED) is 0.502. The summed E-state index contributed by atoms with van der Waals surface area (Å²) in [5, 5.41) is 7.06. The first-order chi connectivity index (χ1) is 17.0. The lowest BCUT2D eigenvalue weighted by Gasteiger charge is -2.32. The van der Waals surface area contributed by atoms with Crippen LogP contribution in [0.1, 0.15) is 69.6 Å². The van der Waals surface area contributed by atoms with E-state index in [0.717, 1.165) is 0 Å². The second kappa shape index (κ2) is 10.1. The lowest BCUT2D eigenvalue weighted by Crippen LogP contribution is -2.41. The minimum absolute atomic E-state index is 0.0614. The van der Waals surface area contributed by atoms with Crippen molar-refractivity contribution in [2.24, 2.45) is 0 Å². The average Bonchev–Trinajstić information content (AvgIpc) is 3.45. The molecule has 10 heteroatoms. The highest BCUT2D eigenvalue weighted by molar-refractivity contribution is 5.93. The van der Waals surface area contributed by atoms with Crippen molar-refractivity contribution >= 4 is 12.0 Å². The lowest BCUT2D eigenvalue weighted by atomic mass is 9.90. The van der Waals surface area contributed by atoms with E-state index in [2.05, 4.69) is 15.5 Å². The molecule has 1 aliphatic rings. The van der Waals surface area contributed by atoms with Crippen LogP contribution in [0.5, 0.6) is 0 Å². The zero-order valence-corrected chi connectivity index (χ0v) is 21.1. The fraction of sp³-hybridized carbons (Fsp3) is 0.462. The molecule has 0 bridgehead atoms. The molecule has 0 saturated carbocycles. The van der Waals surface area contributed by atoms with Crippen LogP contribution in [0.25, 0.3) is 22.7 Å². The molecule has 36 heavy (non-hydrogen) atoms. The highest BCUT2D eigenvalue weighted by atomic mass is 19.1. The molecule has 0 atom stereocenters. The predicted molar refractivity (Wildman–Crippen MR) is 130 cm³/mol. The highest BCUT2D eigenvalue weighted by Crippen LogP contribution is 2.41. The number of oxazole rings is 1. The van der Waals surface area contributed by atoms with E-state index in [1.54, 1.807) is 17.0 Å². The van der Waals surface area contributed by atoms with Crippen molar-refractivity contribution in [2.75, 3.05) is 13.1 Å². The summed E-state index contributed by atoms with van der Waals surface area (Å²) in [6.07, 6.45) is 2.18. The van der Waals surface area contributed by atoms with Crippen LogP contribution in [-0.2, 0) is 4.74 Å². The zero-order chi connectivity index (χ0) is 26.0. The Hall–Kier alpha value is -3.69. The number of nitrogens with one attached hydrogen (secondary N) is 1. The molecule has 0 unspecified atom stereocenters. The number of rotatable bonds is 5. The first kappa shape index (κ1) is 25.4. The highest BCUT2D eigenvalue weighted by Gasteiger charge is 2.34. The van der Waals surface area contributed by atoms with Gasteiger partial charge in [-0.05, 0) is 71.7 Å². The van der Waals surface area contributed by atoms with Crippen LogP contribution in [-0.4, -0.2) is 51.8 Å². The van der Waals surface area contributed by atoms with Gasteiger partial charge in [0.2, 0.25) is 5.89 Å². The van der Waals surface area contributed by atoms with Crippen molar-refractivity contribution in [1.29, 1.82) is 0 Å². The first-order valence-corrected chi connectivity index (χ1v) is 12.0. The molecule has 1 saturated heterocycles. The summed E-state index contributed by atoms with van der Waals surface area (Å²) < 4.78 is 30.6. The topological polar surface area (TPSA) is 111 Å². The number of aromatic nitrogens is 2. The Labute approximate surface area is 209 Å². The summed E-state index contributed by atoms with van der Waals surface area (Å²) in [6, 6.07) is 5.81. The van der Waals surface area contributed by atoms with E-state index in [9.17, 15) is 14.0 Å². The van der Waals surface area contributed by atoms with Gasteiger partial charge in [0.1, 0.15) is 28.9 Å². The molecular formula is C26H31FN4O5. The van der Waals surface area contributed by atoms with Gasteiger partial charge in [-0.2, -0.15) is 0 Å². The van der Waals surface area contributed by atoms with Gasteiger partial charge in [0.15, 0.2) is 11.5 Å². The van der Waals surface area contributed by atoms with Crippen molar-refractivity contribution in [3.05, 3.63) is 47.8 Å². The molecular weight excluding hydrogens is 467 g/mol. The second-order valence-electron chi connectivity index (χ2n) is 10.2. The standard InChI is InChI=1S/C26H31FN4O5/c1-15(2)28-23(32)19-14-34-24(29-19)20-21(16-6-8-18(27)9-7-16)30-36-22(20)17-10-12-31(13-11-17)25(33)35-26(3,4)5/h6-9,14-15,17H,10-13H2,1-5H3,(H,28,32). The van der Waals surface area contributed by atoms with Gasteiger partial charge >= 0.3 is 6.09 Å². The van der Waals surface area contributed by atoms with Crippen LogP contribution in [0.4, 0.5) is 9.18 Å². The first-order valence-electron chi connectivity index (χ1n) is 12.0. The third-order valence-electron chi connectivity index (χ3n) is 5.72. The number of hydrogen-bond acceptors (Lipinski definition) is 7. The molecule has 0 spiro atoms. The van der Waals surface area contributed by atoms with Gasteiger partial charge in [0.05, 0.1) is 0 Å². The van der Waals surface area contributed by atoms with Gasteiger partial charge in [0.25, 0.3) is 5.91 Å². The van der Waals surface area contributed by atoms with Crippen molar-refractivity contribution in [2.45, 2.75) is 65.0 Å². The van der Waals surface area contributed by atoms with Crippen LogP contribution >= 0.6 is 0 Å². The molecule has 1 fully saturated rings. The fourth-order valence-electron chi connectivity index (χ4n) is 4.07. The molecule has 0 aliphatic carbocycles. The Morgan fingerprint density at radius 2 is 1.83 bits per heavy atom. The van der Waals surface area contributed by atoms with Crippen LogP contribution < -0.4 is 5.32 Å². The van der Waals surface area contributed by atoms with E-state index in [0.29, 0.717) is 48.5 Å². The third kappa shape index (κ3) is 5.75. The minimum Gasteiger partial charge on any atom is -0.444 e. The van der Waals surface area contributed by atoms with Crippen LogP contribution in [0.3, 0.4) is 0 Å². The largest absolute Gasteiger partial charge is 0.444 e. The van der Waals surface area contributed by atoms with E-state index in [1.165, 1.54) is 18.4 Å². The molecule has 1 N–H and O–H groups in total. The number of hydrogen-bond donors (Lipinski definition) is 1. The van der Waals surface area contributed by atoms with E-state index in [1.807, 2.05) is 34.6 Å². The van der Waals surface area contributed by atoms with E-state index < -0.39 is 5.60 Å². The van der Waals surface area contributed by atoms with Crippen LogP contribution in [0.15, 0.2) is 39.5 Å². The van der Waals surface area contributed by atoms with Crippen LogP contribution in [0.2, 0.25) is 0 Å². The van der Waals surface area contributed by atoms with Gasteiger partial charge in [-0.25, -0.2) is 14.2 Å². The van der Waals surface area contributed by atoms with E-state index >= 15 is 0 Å². The number of carbonyl (C=O) groups excluding carboxylic acids is 2. The molecule has 3 aromatic rings. The van der Waals surface area contributed by atoms with Crippen molar-refractivity contribution < 1.29 is 27.7 Å². The Balaban J connectivity index is 1.64. The van der Waals surface area contributed by atoms with Crippen molar-refractivity contribution in [3.8, 4) is 22.7 Å². The number of nitrogens with zero attached hydrogens (tertiary/aromatic N) is 3. The number of halogens is 1. The number of piperidine rings is 1. The normalized spacial score (nSPS) is 14.8. The molecule has 2 amide bonds. The maximum atomic E-state index is 13.6. The van der Waals surface area contributed by atoms with Gasteiger partial charge in [0, 0.05) is 30.6 Å². The Morgan fingerprint density at radius 3 is 2.44 bits per heavy atom. The number of ether oxygens (including phenoxy) is 1. The Kier molecular flexibility index (Phi) is 7.14. The van der Waals surface area contributed by atoms with Crippen molar-refractivity contribution in [1.82, 2.24) is 20.4 Å². The average molecular weight is 499 g/mol. The summed E-state index contributed by atoms with van der Waals surface area (Å²) in [6.45, 7) is 10.2. The third-order valence-corrected chi connectivity index (χ3v) is 5.72. The Morgan fingerprint density at radius 1 is 1.17 bits per heavy atom. The number of amides is 2. The lowest BCUT2D eigenvalue weighted by molar-refractivity contribution is 0.0199. The van der Waals surface area contributed by atoms with Gasteiger partial charge in [-0.15, -0.1) is 0 Å². The van der Waals surface area contributed by atoms with Gasteiger partial charge in [-0.3, -0.25) is 4.79 Å². The van der Waals surface area contributed by atoms with Gasteiger partial charge in [-0.1, -0.05) is 5.16 Å². The summed E-state index contributed by atoms with van der Waals surface area (Å²) in [4.78, 5) is 31.0. The van der Waals surface area contributed by atoms with Gasteiger partial charge < -0.3 is 23.9 Å². The maximum absolute atomic E-state index is 13.6. The molecule has 0 radical (unpaired) electrons. The van der Waals surface area contributed by atoms with E-state index in [4.69, 9.17) is 13.7 Å². The smallest absolute Gasteiger partial charge is 0.410 e. The molecule has 1 aliphatic heterocycles. The molecule has 1 aromatic carbocycles. The summed E-state index contributed by atoms with van der Waals surface area (Å²) in [7, 11) is 0. The Bertz CT molecular complexity index is 1220. The summed E-state index contributed by atoms with van der Waals surface area (Å²) >= 11 is 0. The molecule has 4 rings (SSSR count). The fourth-order valence-corrected chi connectivity index (χ4v) is 4.07. The molecule has 9 nitrogen and oxygen atoms in total. The molecule has 2 aromatic heterocycles. The molecule has 3 heterocycles. The SMILES string of the molecule is CC(C)NC(=O)c1coc(-c2c(-c3ccc(F)cc3)noc2C2CCN(C(=O)OC(C)(C)C)CC2)n1. The predicted octanol–water partition coefficient (Wildman–Crippen LogP) is 5.39. The van der Waals surface area contributed by atoms with E-state index in [-0.39, 0.29) is 41.4 Å². The minimum atomic E-state index is -0.569. The summed E-state index contributed by atoms with van der Waals surface area (Å²) in [5.41, 5.74) is 1.15. The number of carbonyl (C=O) groups is 2. The van der Waals surface area contributed by atoms with Crippen molar-refractivity contribution in [3.63, 3.8) is 0 Å². The van der Waals surface area contributed by atoms with Crippen LogP contribution in [0, 0.1) is 5.82 Å². The zero-order valence-electron chi connectivity index (χ0n) is 21.1. The number of benzene rings is 1. The number of likely N-dealkylation sites (tertiary alicyclic amines) is 1. The molecule has 192 valence electrons. The monoisotopic (exact) mass is 498 g/mol. The maximum Gasteiger partial charge on any atom is 0.410 e. The summed E-state index contributed by atoms with van der Waals surface area (Å²) in [5.74, 6) is -0.0561. The second-order valence-corrected chi connectivity index (χ2v) is 10.2.